The first-order valence-electron chi connectivity index (χ1n) is 23.1. The van der Waals surface area contributed by atoms with Gasteiger partial charge in [-0.15, -0.1) is 0 Å². The summed E-state index contributed by atoms with van der Waals surface area (Å²) >= 11 is 0. The molecule has 0 N–H and O–H groups in total. The molecule has 0 bridgehead atoms. The molecule has 310 valence electrons. The van der Waals surface area contributed by atoms with E-state index >= 15 is 0 Å². The molecule has 1 aliphatic rings. The second-order valence-electron chi connectivity index (χ2n) is 18.5. The minimum absolute atomic E-state index is 0.226. The summed E-state index contributed by atoms with van der Waals surface area (Å²) in [6.45, 7) is 4.80. The van der Waals surface area contributed by atoms with Gasteiger partial charge in [-0.2, -0.15) is 0 Å². The van der Waals surface area contributed by atoms with Crippen molar-refractivity contribution in [3.8, 4) is 72.7 Å². The highest BCUT2D eigenvalue weighted by molar-refractivity contribution is 6.22. The van der Waals surface area contributed by atoms with Crippen molar-refractivity contribution in [2.24, 2.45) is 0 Å². The Morgan fingerprint density at radius 3 is 1.32 bits per heavy atom. The van der Waals surface area contributed by atoms with Gasteiger partial charge in [0.15, 0.2) is 0 Å². The van der Waals surface area contributed by atoms with Crippen molar-refractivity contribution in [1.82, 2.24) is 4.57 Å². The molecule has 0 saturated heterocycles. The van der Waals surface area contributed by atoms with Gasteiger partial charge in [0.05, 0.1) is 11.4 Å². The number of rotatable bonds is 6. The fraction of sp³-hybridized carbons (Fsp3) is 0.0462. The van der Waals surface area contributed by atoms with Crippen LogP contribution in [-0.2, 0) is 5.41 Å². The molecule has 1 aliphatic carbocycles. The quantitative estimate of drug-likeness (QED) is 0.147. The van der Waals surface area contributed by atoms with Gasteiger partial charge in [0.1, 0.15) is 0 Å². The van der Waals surface area contributed by atoms with E-state index in [9.17, 15) is 0 Å². The highest BCUT2D eigenvalue weighted by Crippen LogP contribution is 2.52. The zero-order chi connectivity index (χ0) is 43.9. The standard InChI is InChI=1S/C65H45N/c1-65(2)59-40-49(29-32-53(59)54-34-31-52(41-60(54)65)66-61(44-17-5-3-6-18-44)35-36-62(66)45-19-7-4-8-20-45)48-30-33-57-58(39-48)64(51-28-26-43-16-10-12-22-47(43)38-51)56-24-14-13-23-55(56)63(57)50-27-25-42-15-9-11-21-46(42)37-50/h3-41H,1-2H3. The molecule has 0 radical (unpaired) electrons. The van der Waals surface area contributed by atoms with Crippen LogP contribution in [-0.4, -0.2) is 4.57 Å². The number of nitrogens with zero attached hydrogens (tertiary/aromatic N) is 1. The number of benzene rings is 11. The zero-order valence-corrected chi connectivity index (χ0v) is 37.0. The average molecular weight is 840 g/mol. The van der Waals surface area contributed by atoms with Crippen LogP contribution in [0.2, 0.25) is 0 Å². The molecule has 1 nitrogen and oxygen atoms in total. The molecule has 0 unspecified atom stereocenters. The lowest BCUT2D eigenvalue weighted by Crippen LogP contribution is -2.15. The van der Waals surface area contributed by atoms with Crippen LogP contribution in [0.15, 0.2) is 237 Å². The zero-order valence-electron chi connectivity index (χ0n) is 37.0. The van der Waals surface area contributed by atoms with Crippen LogP contribution in [0.5, 0.6) is 0 Å². The first kappa shape index (κ1) is 38.2. The van der Waals surface area contributed by atoms with Gasteiger partial charge < -0.3 is 4.57 Å². The van der Waals surface area contributed by atoms with E-state index in [0.717, 1.165) is 0 Å². The summed E-state index contributed by atoms with van der Waals surface area (Å²) in [5, 5.41) is 10.0. The normalized spacial score (nSPS) is 12.8. The van der Waals surface area contributed by atoms with Crippen molar-refractivity contribution in [3.63, 3.8) is 0 Å². The SMILES string of the molecule is CC1(C)c2cc(-c3ccc4c(-c5ccc6ccccc6c5)c5ccccc5c(-c5ccc6ccccc6c5)c4c3)ccc2-c2ccc(-n3c(-c4ccccc4)ccc3-c3ccccc3)cc21. The largest absolute Gasteiger partial charge is 0.309 e. The summed E-state index contributed by atoms with van der Waals surface area (Å²) in [7, 11) is 0. The van der Waals surface area contributed by atoms with Gasteiger partial charge in [-0.1, -0.05) is 202 Å². The fourth-order valence-electron chi connectivity index (χ4n) is 11.1. The predicted molar refractivity (Wildman–Crippen MR) is 281 cm³/mol. The van der Waals surface area contributed by atoms with Crippen molar-refractivity contribution >= 4 is 43.1 Å². The molecule has 0 fully saturated rings. The molecule has 12 aromatic rings. The van der Waals surface area contributed by atoms with Crippen LogP contribution in [0.3, 0.4) is 0 Å². The van der Waals surface area contributed by atoms with Gasteiger partial charge >= 0.3 is 0 Å². The maximum absolute atomic E-state index is 2.47. The Labute approximate surface area is 385 Å². The Bertz CT molecular complexity index is 3830. The van der Waals surface area contributed by atoms with Gasteiger partial charge in [-0.3, -0.25) is 0 Å². The van der Waals surface area contributed by atoms with Crippen molar-refractivity contribution in [3.05, 3.63) is 248 Å². The summed E-state index contributed by atoms with van der Waals surface area (Å²) in [6, 6.07) is 87.8. The molecule has 0 amide bonds. The maximum atomic E-state index is 2.47. The minimum atomic E-state index is -0.226. The van der Waals surface area contributed by atoms with Gasteiger partial charge in [0.25, 0.3) is 0 Å². The predicted octanol–water partition coefficient (Wildman–Crippen LogP) is 17.7. The molecule has 1 heteroatoms. The van der Waals surface area contributed by atoms with Crippen LogP contribution in [0, 0.1) is 0 Å². The number of hydrogen-bond donors (Lipinski definition) is 0. The molecule has 1 heterocycles. The van der Waals surface area contributed by atoms with Crippen molar-refractivity contribution < 1.29 is 0 Å². The van der Waals surface area contributed by atoms with Crippen molar-refractivity contribution in [1.29, 1.82) is 0 Å². The van der Waals surface area contributed by atoms with Gasteiger partial charge in [-0.05, 0) is 158 Å². The number of aromatic nitrogens is 1. The Hall–Kier alpha value is -8.26. The third kappa shape index (κ3) is 6.01. The van der Waals surface area contributed by atoms with E-state index in [-0.39, 0.29) is 5.41 Å². The van der Waals surface area contributed by atoms with Crippen LogP contribution in [0.25, 0.3) is 116 Å². The molecule has 0 saturated carbocycles. The van der Waals surface area contributed by atoms with E-state index in [1.807, 2.05) is 0 Å². The smallest absolute Gasteiger partial charge is 0.0535 e. The van der Waals surface area contributed by atoms with E-state index in [2.05, 4.69) is 255 Å². The van der Waals surface area contributed by atoms with Crippen molar-refractivity contribution in [2.75, 3.05) is 0 Å². The molecule has 13 rings (SSSR count). The Morgan fingerprint density at radius 1 is 0.288 bits per heavy atom. The third-order valence-electron chi connectivity index (χ3n) is 14.4. The first-order chi connectivity index (χ1) is 32.5. The van der Waals surface area contributed by atoms with Gasteiger partial charge in [-0.25, -0.2) is 0 Å². The fourth-order valence-corrected chi connectivity index (χ4v) is 11.1. The molecule has 66 heavy (non-hydrogen) atoms. The topological polar surface area (TPSA) is 4.93 Å². The van der Waals surface area contributed by atoms with E-state index in [1.165, 1.54) is 127 Å². The monoisotopic (exact) mass is 839 g/mol. The first-order valence-corrected chi connectivity index (χ1v) is 23.1. The lowest BCUT2D eigenvalue weighted by atomic mass is 9.81. The highest BCUT2D eigenvalue weighted by atomic mass is 15.0. The summed E-state index contributed by atoms with van der Waals surface area (Å²) < 4.78 is 2.44. The molecular formula is C65H45N. The third-order valence-corrected chi connectivity index (χ3v) is 14.4. The second-order valence-corrected chi connectivity index (χ2v) is 18.5. The molecule has 11 aromatic carbocycles. The highest BCUT2D eigenvalue weighted by Gasteiger charge is 2.36. The molecule has 0 atom stereocenters. The van der Waals surface area contributed by atoms with Gasteiger partial charge in [0, 0.05) is 11.1 Å². The maximum Gasteiger partial charge on any atom is 0.0535 e. The molecular weight excluding hydrogens is 795 g/mol. The van der Waals surface area contributed by atoms with E-state index in [1.54, 1.807) is 0 Å². The Kier molecular flexibility index (Phi) is 8.63. The second kappa shape index (κ2) is 14.9. The van der Waals surface area contributed by atoms with E-state index in [4.69, 9.17) is 0 Å². The Morgan fingerprint density at radius 2 is 0.727 bits per heavy atom. The summed E-state index contributed by atoms with van der Waals surface area (Å²) in [5.74, 6) is 0. The van der Waals surface area contributed by atoms with Crippen LogP contribution in [0.1, 0.15) is 25.0 Å². The molecule has 1 aromatic heterocycles. The lowest BCUT2D eigenvalue weighted by Gasteiger charge is -2.24. The van der Waals surface area contributed by atoms with E-state index < -0.39 is 0 Å². The number of hydrogen-bond acceptors (Lipinski definition) is 0. The molecule has 0 spiro atoms. The number of fused-ring (bicyclic) bond motifs is 7. The van der Waals surface area contributed by atoms with Crippen LogP contribution >= 0.6 is 0 Å². The Balaban J connectivity index is 0.980. The lowest BCUT2D eigenvalue weighted by molar-refractivity contribution is 0.660. The van der Waals surface area contributed by atoms with Crippen molar-refractivity contribution in [2.45, 2.75) is 19.3 Å². The van der Waals surface area contributed by atoms with Gasteiger partial charge in [0.2, 0.25) is 0 Å². The van der Waals surface area contributed by atoms with Crippen LogP contribution < -0.4 is 0 Å². The van der Waals surface area contributed by atoms with Crippen LogP contribution in [0.4, 0.5) is 0 Å². The average Bonchev–Trinajstić information content (AvgIpc) is 3.92. The summed E-state index contributed by atoms with van der Waals surface area (Å²) in [4.78, 5) is 0. The minimum Gasteiger partial charge on any atom is -0.309 e. The molecule has 0 aliphatic heterocycles. The van der Waals surface area contributed by atoms with E-state index in [0.29, 0.717) is 0 Å². The summed E-state index contributed by atoms with van der Waals surface area (Å²) in [6.07, 6.45) is 0. The summed E-state index contributed by atoms with van der Waals surface area (Å²) in [5.41, 5.74) is 18.5.